The summed E-state index contributed by atoms with van der Waals surface area (Å²) >= 11 is 1.26. The first kappa shape index (κ1) is 28.3. The number of amides is 3. The van der Waals surface area contributed by atoms with Gasteiger partial charge < -0.3 is 10.6 Å². The summed E-state index contributed by atoms with van der Waals surface area (Å²) in [6.45, 7) is 4.44. The molecule has 5 rings (SSSR count). The third-order valence-electron chi connectivity index (χ3n) is 6.97. The predicted octanol–water partition coefficient (Wildman–Crippen LogP) is 5.24. The Kier molecular flexibility index (Phi) is 8.94. The molecule has 210 valence electrons. The van der Waals surface area contributed by atoms with E-state index in [1.807, 2.05) is 92.7 Å². The van der Waals surface area contributed by atoms with Crippen LogP contribution in [0.25, 0.3) is 0 Å². The van der Waals surface area contributed by atoms with Gasteiger partial charge in [0.15, 0.2) is 5.17 Å². The molecule has 2 N–H and O–H groups in total. The van der Waals surface area contributed by atoms with Crippen molar-refractivity contribution in [3.63, 3.8) is 0 Å². The largest absolute Gasteiger partial charge is 0.356 e. The molecule has 3 amide bonds. The average molecular weight is 568 g/mol. The summed E-state index contributed by atoms with van der Waals surface area (Å²) in [5.74, 6) is 0.0261. The summed E-state index contributed by atoms with van der Waals surface area (Å²) in [4.78, 5) is 50.4. The van der Waals surface area contributed by atoms with E-state index in [0.717, 1.165) is 28.8 Å². The maximum Gasteiger partial charge on any atom is 0.259 e. The molecular formula is C32H33N5O3S. The van der Waals surface area contributed by atoms with Crippen LogP contribution in [0.1, 0.15) is 42.9 Å². The van der Waals surface area contributed by atoms with Gasteiger partial charge in [-0.1, -0.05) is 73.3 Å². The van der Waals surface area contributed by atoms with Gasteiger partial charge in [-0.15, -0.1) is 0 Å². The Labute approximate surface area is 244 Å². The van der Waals surface area contributed by atoms with Gasteiger partial charge in [0.25, 0.3) is 5.91 Å². The first-order valence-electron chi connectivity index (χ1n) is 13.9. The Morgan fingerprint density at radius 2 is 1.80 bits per heavy atom. The van der Waals surface area contributed by atoms with Gasteiger partial charge in [-0.2, -0.15) is 0 Å². The van der Waals surface area contributed by atoms with E-state index in [1.165, 1.54) is 16.7 Å². The molecule has 0 radical (unpaired) electrons. The number of carbonyl (C=O) groups excluding carboxylic acids is 3. The lowest BCUT2D eigenvalue weighted by atomic mass is 10.1. The average Bonchev–Trinajstić information content (AvgIpc) is 3.31. The highest BCUT2D eigenvalue weighted by atomic mass is 32.2. The zero-order chi connectivity index (χ0) is 28.8. The number of nitrogens with zero attached hydrogens (tertiary/aromatic N) is 3. The lowest BCUT2D eigenvalue weighted by molar-refractivity contribution is -0.125. The Morgan fingerprint density at radius 3 is 2.59 bits per heavy atom. The van der Waals surface area contributed by atoms with E-state index < -0.39 is 11.3 Å². The van der Waals surface area contributed by atoms with Crippen LogP contribution in [0.3, 0.4) is 0 Å². The summed E-state index contributed by atoms with van der Waals surface area (Å²) in [5.41, 5.74) is 4.40. The van der Waals surface area contributed by atoms with Crippen molar-refractivity contribution in [3.05, 3.63) is 95.6 Å². The standard InChI is InChI=1S/C32H33N5O3S/c1-3-27(30(39)34-23-13-9-10-21(2)20-23)41-32-36-25-15-8-7-14-24(25)29-35-26(31(40)37(29)32)16-17-28(38)33-19-18-22-11-5-4-6-12-22/h4-15,20,26-27H,3,16-19H2,1-2H3,(H,33,38)(H,34,39)/t26-,27-/m0/s1. The number of anilines is 1. The number of hydrogen-bond acceptors (Lipinski definition) is 6. The summed E-state index contributed by atoms with van der Waals surface area (Å²) in [7, 11) is 0. The number of aliphatic imine (C=N–C) groups is 2. The number of nitrogens with one attached hydrogen (secondary N) is 2. The smallest absolute Gasteiger partial charge is 0.259 e. The van der Waals surface area contributed by atoms with Crippen LogP contribution >= 0.6 is 11.8 Å². The number of rotatable bonds is 10. The number of fused-ring (bicyclic) bond motifs is 3. The van der Waals surface area contributed by atoms with Crippen LogP contribution in [0.4, 0.5) is 11.4 Å². The molecule has 2 aliphatic heterocycles. The van der Waals surface area contributed by atoms with Gasteiger partial charge in [0.2, 0.25) is 11.8 Å². The molecule has 0 spiro atoms. The second-order valence-corrected chi connectivity index (χ2v) is 11.2. The maximum atomic E-state index is 13.6. The molecule has 0 aromatic heterocycles. The van der Waals surface area contributed by atoms with Crippen LogP contribution in [0.2, 0.25) is 0 Å². The van der Waals surface area contributed by atoms with Gasteiger partial charge in [-0.25, -0.2) is 9.89 Å². The second kappa shape index (κ2) is 13.0. The fourth-order valence-electron chi connectivity index (χ4n) is 4.81. The number of hydrogen-bond donors (Lipinski definition) is 2. The van der Waals surface area contributed by atoms with Crippen LogP contribution in [0.15, 0.2) is 88.8 Å². The molecule has 0 aliphatic carbocycles. The number of amidine groups is 2. The molecule has 8 nitrogen and oxygen atoms in total. The van der Waals surface area contributed by atoms with Crippen molar-refractivity contribution in [2.24, 2.45) is 9.98 Å². The molecule has 0 fully saturated rings. The third-order valence-corrected chi connectivity index (χ3v) is 8.28. The predicted molar refractivity (Wildman–Crippen MR) is 165 cm³/mol. The van der Waals surface area contributed by atoms with Crippen LogP contribution in [0.5, 0.6) is 0 Å². The normalized spacial score (nSPS) is 16.3. The molecule has 9 heteroatoms. The lowest BCUT2D eigenvalue weighted by Crippen LogP contribution is -2.42. The van der Waals surface area contributed by atoms with Crippen molar-refractivity contribution in [2.45, 2.75) is 50.8 Å². The van der Waals surface area contributed by atoms with Crippen LogP contribution < -0.4 is 10.6 Å². The van der Waals surface area contributed by atoms with E-state index in [2.05, 4.69) is 10.6 Å². The fourth-order valence-corrected chi connectivity index (χ4v) is 5.83. The van der Waals surface area contributed by atoms with Crippen molar-refractivity contribution in [3.8, 4) is 0 Å². The number of benzene rings is 3. The minimum atomic E-state index is -0.692. The highest BCUT2D eigenvalue weighted by Gasteiger charge is 2.42. The summed E-state index contributed by atoms with van der Waals surface area (Å²) in [5, 5.41) is 5.89. The van der Waals surface area contributed by atoms with Crippen LogP contribution in [0, 0.1) is 6.92 Å². The van der Waals surface area contributed by atoms with Crippen LogP contribution in [-0.2, 0) is 20.8 Å². The van der Waals surface area contributed by atoms with Gasteiger partial charge in [0, 0.05) is 24.2 Å². The Balaban J connectivity index is 1.26. The van der Waals surface area contributed by atoms with Gasteiger partial charge >= 0.3 is 0 Å². The first-order chi connectivity index (χ1) is 19.9. The molecule has 3 aromatic carbocycles. The summed E-state index contributed by atoms with van der Waals surface area (Å²) < 4.78 is 0. The second-order valence-electron chi connectivity index (χ2n) is 10.1. The minimum Gasteiger partial charge on any atom is -0.356 e. The molecule has 0 saturated carbocycles. The van der Waals surface area contributed by atoms with Gasteiger partial charge in [-0.05, 0) is 61.6 Å². The Bertz CT molecular complexity index is 1500. The van der Waals surface area contributed by atoms with Crippen molar-refractivity contribution in [1.29, 1.82) is 0 Å². The maximum absolute atomic E-state index is 13.6. The van der Waals surface area contributed by atoms with E-state index in [-0.39, 0.29) is 24.1 Å². The zero-order valence-electron chi connectivity index (χ0n) is 23.2. The van der Waals surface area contributed by atoms with Gasteiger partial charge in [0.1, 0.15) is 11.9 Å². The van der Waals surface area contributed by atoms with Crippen molar-refractivity contribution >= 4 is 51.9 Å². The Morgan fingerprint density at radius 1 is 1.02 bits per heavy atom. The quantitative estimate of drug-likeness (QED) is 0.350. The van der Waals surface area contributed by atoms with Crippen LogP contribution in [-0.4, -0.2) is 51.5 Å². The molecular weight excluding hydrogens is 534 g/mol. The molecule has 3 aromatic rings. The van der Waals surface area contributed by atoms with Crippen molar-refractivity contribution in [2.75, 3.05) is 11.9 Å². The molecule has 2 atom stereocenters. The van der Waals surface area contributed by atoms with Gasteiger partial charge in [-0.3, -0.25) is 19.4 Å². The molecule has 2 aliphatic rings. The lowest BCUT2D eigenvalue weighted by Gasteiger charge is -2.27. The molecule has 2 heterocycles. The van der Waals surface area contributed by atoms with E-state index in [9.17, 15) is 14.4 Å². The molecule has 0 saturated heterocycles. The fraction of sp³-hybridized carbons (Fsp3) is 0.281. The summed E-state index contributed by atoms with van der Waals surface area (Å²) in [6, 6.07) is 24.5. The molecule has 41 heavy (non-hydrogen) atoms. The number of carbonyl (C=O) groups is 3. The van der Waals surface area contributed by atoms with Crippen molar-refractivity contribution < 1.29 is 14.4 Å². The number of aryl methyl sites for hydroxylation is 1. The van der Waals surface area contributed by atoms with E-state index in [4.69, 9.17) is 9.98 Å². The highest BCUT2D eigenvalue weighted by molar-refractivity contribution is 8.15. The molecule has 0 unspecified atom stereocenters. The highest BCUT2D eigenvalue weighted by Crippen LogP contribution is 2.36. The first-order valence-corrected chi connectivity index (χ1v) is 14.8. The monoisotopic (exact) mass is 567 g/mol. The number of thioether (sulfide) groups is 1. The third kappa shape index (κ3) is 6.74. The SMILES string of the molecule is CC[C@H](SC1=Nc2ccccc2C2=N[C@@H](CCC(=O)NCCc3ccccc3)C(=O)N12)C(=O)Nc1cccc(C)c1. The van der Waals surface area contributed by atoms with Gasteiger partial charge in [0.05, 0.1) is 10.9 Å². The Hall–Kier alpha value is -4.24. The van der Waals surface area contributed by atoms with E-state index in [0.29, 0.717) is 36.1 Å². The topological polar surface area (TPSA) is 103 Å². The molecule has 0 bridgehead atoms. The summed E-state index contributed by atoms with van der Waals surface area (Å²) in [6.07, 6.45) is 1.77. The van der Waals surface area contributed by atoms with Crippen molar-refractivity contribution in [1.82, 2.24) is 10.2 Å². The minimum absolute atomic E-state index is 0.110. The van der Waals surface area contributed by atoms with E-state index >= 15 is 0 Å². The van der Waals surface area contributed by atoms with E-state index in [1.54, 1.807) is 0 Å². The number of para-hydroxylation sites is 1. The zero-order valence-corrected chi connectivity index (χ0v) is 24.0.